The fourth-order valence-corrected chi connectivity index (χ4v) is 8.36. The third-order valence-electron chi connectivity index (χ3n) is 8.52. The number of hydrogen-bond acceptors (Lipinski definition) is 5. The van der Waals surface area contributed by atoms with Crippen LogP contribution in [0.2, 0.25) is 5.02 Å². The van der Waals surface area contributed by atoms with Crippen molar-refractivity contribution in [3.05, 3.63) is 63.1 Å². The van der Waals surface area contributed by atoms with E-state index in [1.807, 2.05) is 23.1 Å². The van der Waals surface area contributed by atoms with Crippen molar-refractivity contribution in [2.75, 3.05) is 24.4 Å². The highest BCUT2D eigenvalue weighted by molar-refractivity contribution is 7.96. The van der Waals surface area contributed by atoms with Gasteiger partial charge >= 0.3 is 0 Å². The number of nitrogens with zero attached hydrogens (tertiary/aromatic N) is 3. The second-order valence-corrected chi connectivity index (χ2v) is 15.0. The smallest absolute Gasteiger partial charge is 0.258 e. The van der Waals surface area contributed by atoms with E-state index in [2.05, 4.69) is 35.7 Å². The van der Waals surface area contributed by atoms with Crippen molar-refractivity contribution < 1.29 is 18.0 Å². The molecule has 0 radical (unpaired) electrons. The Bertz CT molecular complexity index is 1700. The van der Waals surface area contributed by atoms with E-state index in [1.165, 1.54) is 0 Å². The van der Waals surface area contributed by atoms with Gasteiger partial charge in [-0.3, -0.25) is 19.4 Å². The second-order valence-electron chi connectivity index (χ2n) is 12.9. The molecule has 2 N–H and O–H groups in total. The Labute approximate surface area is 251 Å². The Hall–Kier alpha value is -3.37. The maximum Gasteiger partial charge on any atom is 0.258 e. The minimum Gasteiger partial charge on any atom is -0.343 e. The lowest BCUT2D eigenvalue weighted by atomic mass is 9.91. The van der Waals surface area contributed by atoms with E-state index >= 15 is 0 Å². The molecule has 9 nitrogen and oxygen atoms in total. The SMILES string of the molecule is CC(C)(C)CN1Cc2c(cc(Cl)c3[nH]ncc23)C[C@@H](CC(=O)N2CCC(C3=Cc4ccccc4NS3(=O)=O)CC2)C1=O. The predicted molar refractivity (Wildman–Crippen MR) is 164 cm³/mol. The molecule has 0 spiro atoms. The molecule has 4 heterocycles. The number of aromatic amines is 1. The lowest BCUT2D eigenvalue weighted by molar-refractivity contribution is -0.142. The van der Waals surface area contributed by atoms with Crippen molar-refractivity contribution in [1.82, 2.24) is 20.0 Å². The summed E-state index contributed by atoms with van der Waals surface area (Å²) in [6.45, 7) is 8.19. The van der Waals surface area contributed by atoms with Crippen molar-refractivity contribution >= 4 is 56.1 Å². The van der Waals surface area contributed by atoms with Crippen molar-refractivity contribution in [2.45, 2.75) is 53.0 Å². The zero-order valence-corrected chi connectivity index (χ0v) is 25.7. The van der Waals surface area contributed by atoms with Crippen molar-refractivity contribution in [3.63, 3.8) is 0 Å². The molecule has 3 aliphatic heterocycles. The summed E-state index contributed by atoms with van der Waals surface area (Å²) in [5.74, 6) is -0.792. The highest BCUT2D eigenvalue weighted by atomic mass is 35.5. The van der Waals surface area contributed by atoms with Crippen molar-refractivity contribution in [3.8, 4) is 0 Å². The van der Waals surface area contributed by atoms with Crippen LogP contribution in [0.3, 0.4) is 0 Å². The van der Waals surface area contributed by atoms with Gasteiger partial charge in [-0.25, -0.2) is 8.42 Å². The molecule has 11 heteroatoms. The molecule has 1 atom stereocenters. The van der Waals surface area contributed by atoms with Gasteiger partial charge in [-0.05, 0) is 59.6 Å². The number of sulfonamides is 1. The standard InChI is InChI=1S/C31H36ClN5O4S/c1-31(2,3)18-37-17-24-21(13-25(32)29-23(24)16-33-34-29)12-22(30(37)39)15-28(38)36-10-8-19(9-11-36)27-14-20-6-4-5-7-26(20)35-42(27,40)41/h4-7,13-14,16,19,22,35H,8-12,15,17-18H2,1-3H3,(H,33,34)/t22-/m0/s1. The minimum absolute atomic E-state index is 0.0275. The van der Waals surface area contributed by atoms with Crippen molar-refractivity contribution in [1.29, 1.82) is 0 Å². The summed E-state index contributed by atoms with van der Waals surface area (Å²) in [4.78, 5) is 31.6. The van der Waals surface area contributed by atoms with Gasteiger partial charge in [-0.1, -0.05) is 50.6 Å². The van der Waals surface area contributed by atoms with E-state index in [9.17, 15) is 18.0 Å². The number of amides is 2. The van der Waals surface area contributed by atoms with Crippen LogP contribution in [0, 0.1) is 17.3 Å². The Morgan fingerprint density at radius 2 is 1.90 bits per heavy atom. The topological polar surface area (TPSA) is 115 Å². The molecule has 2 amide bonds. The minimum atomic E-state index is -3.63. The first-order valence-corrected chi connectivity index (χ1v) is 16.3. The lowest BCUT2D eigenvalue weighted by Crippen LogP contribution is -2.44. The average molecular weight is 610 g/mol. The average Bonchev–Trinajstić information content (AvgIpc) is 3.39. The monoisotopic (exact) mass is 609 g/mol. The van der Waals surface area contributed by atoms with E-state index in [4.69, 9.17) is 11.6 Å². The van der Waals surface area contributed by atoms with Crippen LogP contribution >= 0.6 is 11.6 Å². The molecular formula is C31H36ClN5O4S. The maximum atomic E-state index is 13.9. The van der Waals surface area contributed by atoms with Crippen LogP contribution in [0.5, 0.6) is 0 Å². The van der Waals surface area contributed by atoms with Gasteiger partial charge in [0.25, 0.3) is 10.0 Å². The summed E-state index contributed by atoms with van der Waals surface area (Å²) >= 11 is 6.57. The van der Waals surface area contributed by atoms with Crippen LogP contribution in [0.25, 0.3) is 17.0 Å². The van der Waals surface area contributed by atoms with E-state index in [0.29, 0.717) is 61.1 Å². The number of para-hydroxylation sites is 1. The number of carbonyl (C=O) groups is 2. The fourth-order valence-electron chi connectivity index (χ4n) is 6.54. The first kappa shape index (κ1) is 28.7. The molecule has 3 aliphatic rings. The van der Waals surface area contributed by atoms with E-state index in [-0.39, 0.29) is 29.6 Å². The van der Waals surface area contributed by atoms with Gasteiger partial charge in [0.2, 0.25) is 11.8 Å². The number of nitrogens with one attached hydrogen (secondary N) is 2. The number of benzene rings is 2. The lowest BCUT2D eigenvalue weighted by Gasteiger charge is -2.35. The third kappa shape index (κ3) is 5.54. The molecular weight excluding hydrogens is 574 g/mol. The van der Waals surface area contributed by atoms with Crippen LogP contribution < -0.4 is 4.72 Å². The molecule has 42 heavy (non-hydrogen) atoms. The number of rotatable bonds is 4. The summed E-state index contributed by atoms with van der Waals surface area (Å²) in [5.41, 5.74) is 4.05. The summed E-state index contributed by atoms with van der Waals surface area (Å²) in [7, 11) is -3.63. The first-order valence-electron chi connectivity index (χ1n) is 14.4. The predicted octanol–water partition coefficient (Wildman–Crippen LogP) is 5.19. The Balaban J connectivity index is 1.19. The van der Waals surface area contributed by atoms with Crippen LogP contribution in [0.15, 0.2) is 41.4 Å². The summed E-state index contributed by atoms with van der Waals surface area (Å²) in [6, 6.07) is 9.24. The number of H-pyrrole nitrogens is 1. The highest BCUT2D eigenvalue weighted by Gasteiger charge is 2.37. The first-order chi connectivity index (χ1) is 19.9. The largest absolute Gasteiger partial charge is 0.343 e. The van der Waals surface area contributed by atoms with Gasteiger partial charge < -0.3 is 9.80 Å². The zero-order valence-electron chi connectivity index (χ0n) is 24.1. The summed E-state index contributed by atoms with van der Waals surface area (Å²) in [5, 5.41) is 8.61. The molecule has 6 rings (SSSR count). The molecule has 0 saturated carbocycles. The van der Waals surface area contributed by atoms with Crippen LogP contribution in [0.1, 0.15) is 56.7 Å². The van der Waals surface area contributed by atoms with E-state index < -0.39 is 15.9 Å². The molecule has 0 bridgehead atoms. The normalized spacial score (nSPS) is 20.9. The molecule has 1 saturated heterocycles. The number of hydrogen-bond donors (Lipinski definition) is 2. The molecule has 0 aliphatic carbocycles. The van der Waals surface area contributed by atoms with Gasteiger partial charge in [0.05, 0.1) is 33.2 Å². The van der Waals surface area contributed by atoms with Gasteiger partial charge in [-0.2, -0.15) is 5.10 Å². The Morgan fingerprint density at radius 3 is 2.64 bits per heavy atom. The number of fused-ring (bicyclic) bond motifs is 4. The second kappa shape index (κ2) is 10.7. The quantitative estimate of drug-likeness (QED) is 0.422. The van der Waals surface area contributed by atoms with Crippen LogP contribution in [-0.2, 0) is 32.6 Å². The number of carbonyl (C=O) groups excluding carboxylic acids is 2. The van der Waals surface area contributed by atoms with E-state index in [1.54, 1.807) is 29.3 Å². The summed E-state index contributed by atoms with van der Waals surface area (Å²) < 4.78 is 28.7. The Morgan fingerprint density at radius 1 is 1.17 bits per heavy atom. The molecule has 3 aromatic rings. The third-order valence-corrected chi connectivity index (χ3v) is 10.4. The number of aromatic nitrogens is 2. The van der Waals surface area contributed by atoms with Crippen LogP contribution in [-0.4, -0.2) is 59.9 Å². The summed E-state index contributed by atoms with van der Waals surface area (Å²) in [6.07, 6.45) is 5.13. The van der Waals surface area contributed by atoms with Gasteiger partial charge in [0.1, 0.15) is 0 Å². The van der Waals surface area contributed by atoms with Crippen LogP contribution in [0.4, 0.5) is 5.69 Å². The molecule has 1 fully saturated rings. The number of anilines is 1. The van der Waals surface area contributed by atoms with E-state index in [0.717, 1.165) is 27.6 Å². The molecule has 1 aromatic heterocycles. The van der Waals surface area contributed by atoms with Gasteiger partial charge in [-0.15, -0.1) is 0 Å². The number of piperidine rings is 1. The number of allylic oxidation sites excluding steroid dienone is 1. The van der Waals surface area contributed by atoms with Gasteiger partial charge in [0.15, 0.2) is 0 Å². The molecule has 0 unspecified atom stereocenters. The fraction of sp³-hybridized carbons (Fsp3) is 0.452. The highest BCUT2D eigenvalue weighted by Crippen LogP contribution is 2.38. The Kier molecular flexibility index (Phi) is 7.33. The zero-order chi connectivity index (χ0) is 29.8. The molecule has 2 aromatic carbocycles. The van der Waals surface area contributed by atoms with Crippen molar-refractivity contribution in [2.24, 2.45) is 17.3 Å². The maximum absolute atomic E-state index is 13.9. The number of likely N-dealkylation sites (tertiary alicyclic amines) is 1. The number of halogens is 1. The molecule has 222 valence electrons. The van der Waals surface area contributed by atoms with Gasteiger partial charge in [0, 0.05) is 43.9 Å².